The number of hydrogen-bond donors (Lipinski definition) is 2. The molecule has 1 aromatic rings. The van der Waals surface area contributed by atoms with Crippen molar-refractivity contribution in [3.05, 3.63) is 22.2 Å². The fourth-order valence-electron chi connectivity index (χ4n) is 1.44. The Kier molecular flexibility index (Phi) is 5.55. The summed E-state index contributed by atoms with van der Waals surface area (Å²) < 4.78 is 0. The Balaban J connectivity index is 2.73. The highest BCUT2D eigenvalue weighted by atomic mass is 32.2. The summed E-state index contributed by atoms with van der Waals surface area (Å²) >= 11 is 1.82. The number of hydrogen-bond acceptors (Lipinski definition) is 4. The van der Waals surface area contributed by atoms with Crippen molar-refractivity contribution in [3.8, 4) is 0 Å². The third kappa shape index (κ3) is 4.81. The summed E-state index contributed by atoms with van der Waals surface area (Å²) in [5.41, 5.74) is -0.0942. The highest BCUT2D eigenvalue weighted by Crippen LogP contribution is 2.11. The van der Waals surface area contributed by atoms with Gasteiger partial charge in [-0.25, -0.2) is 4.98 Å². The monoisotopic (exact) mass is 255 g/mol. The van der Waals surface area contributed by atoms with Crippen LogP contribution in [0, 0.1) is 0 Å². The zero-order valence-electron chi connectivity index (χ0n) is 10.9. The minimum Gasteiger partial charge on any atom is -0.367 e. The molecular weight excluding hydrogens is 234 g/mol. The van der Waals surface area contributed by atoms with Crippen LogP contribution in [0.2, 0.25) is 0 Å². The molecule has 4 nitrogen and oxygen atoms in total. The minimum absolute atomic E-state index is 0.0942. The van der Waals surface area contributed by atoms with Crippen molar-refractivity contribution in [3.63, 3.8) is 0 Å². The fourth-order valence-corrected chi connectivity index (χ4v) is 2.03. The molecule has 0 saturated carbocycles. The molecule has 1 rings (SSSR count). The normalized spacial score (nSPS) is 12.8. The van der Waals surface area contributed by atoms with Crippen LogP contribution in [0.1, 0.15) is 38.9 Å². The van der Waals surface area contributed by atoms with Crippen molar-refractivity contribution in [2.45, 2.75) is 39.2 Å². The summed E-state index contributed by atoms with van der Waals surface area (Å²) in [7, 11) is 0. The maximum absolute atomic E-state index is 11.5. The van der Waals surface area contributed by atoms with E-state index >= 15 is 0 Å². The molecule has 1 aromatic heterocycles. The first-order chi connectivity index (χ1) is 8.02. The molecule has 0 aromatic carbocycles. The number of rotatable bonds is 6. The molecule has 1 unspecified atom stereocenters. The van der Waals surface area contributed by atoms with Gasteiger partial charge in [-0.1, -0.05) is 13.8 Å². The lowest BCUT2D eigenvalue weighted by molar-refractivity contribution is 0.741. The Morgan fingerprint density at radius 3 is 2.76 bits per heavy atom. The number of anilines is 1. The number of nitrogens with zero attached hydrogens (tertiary/aromatic N) is 1. The average molecular weight is 255 g/mol. The van der Waals surface area contributed by atoms with Crippen molar-refractivity contribution < 1.29 is 0 Å². The summed E-state index contributed by atoms with van der Waals surface area (Å²) in [6, 6.07) is 1.85. The van der Waals surface area contributed by atoms with Crippen LogP contribution in [0.4, 0.5) is 5.82 Å². The molecule has 0 aliphatic rings. The van der Waals surface area contributed by atoms with E-state index in [4.69, 9.17) is 0 Å². The average Bonchev–Trinajstić information content (AvgIpc) is 2.25. The molecule has 0 saturated heterocycles. The van der Waals surface area contributed by atoms with Crippen LogP contribution in [0.5, 0.6) is 0 Å². The molecule has 0 aliphatic carbocycles. The Morgan fingerprint density at radius 1 is 1.47 bits per heavy atom. The van der Waals surface area contributed by atoms with E-state index in [0.29, 0.717) is 11.9 Å². The summed E-state index contributed by atoms with van der Waals surface area (Å²) in [4.78, 5) is 18.6. The molecule has 0 bridgehead atoms. The lowest BCUT2D eigenvalue weighted by atomic mass is 10.2. The van der Waals surface area contributed by atoms with Gasteiger partial charge in [0.1, 0.15) is 11.6 Å². The Bertz CT molecular complexity index is 403. The van der Waals surface area contributed by atoms with Gasteiger partial charge in [0.05, 0.1) is 0 Å². The topological polar surface area (TPSA) is 57.8 Å². The van der Waals surface area contributed by atoms with Gasteiger partial charge in [-0.3, -0.25) is 4.79 Å². The highest BCUT2D eigenvalue weighted by molar-refractivity contribution is 7.98. The second kappa shape index (κ2) is 6.69. The zero-order valence-corrected chi connectivity index (χ0v) is 11.7. The Hall–Kier alpha value is -0.970. The summed E-state index contributed by atoms with van der Waals surface area (Å²) in [5.74, 6) is 2.74. The third-order valence-corrected chi connectivity index (χ3v) is 3.10. The van der Waals surface area contributed by atoms with Crippen LogP contribution < -0.4 is 10.9 Å². The maximum Gasteiger partial charge on any atom is 0.252 e. The number of H-pyrrole nitrogens is 1. The van der Waals surface area contributed by atoms with Crippen LogP contribution in [-0.2, 0) is 0 Å². The highest BCUT2D eigenvalue weighted by Gasteiger charge is 2.07. The molecule has 17 heavy (non-hydrogen) atoms. The first kappa shape index (κ1) is 14.1. The number of aromatic nitrogens is 2. The third-order valence-electron chi connectivity index (χ3n) is 2.46. The van der Waals surface area contributed by atoms with Gasteiger partial charge in [-0.15, -0.1) is 0 Å². The van der Waals surface area contributed by atoms with Crippen molar-refractivity contribution in [1.82, 2.24) is 9.97 Å². The van der Waals surface area contributed by atoms with Gasteiger partial charge in [0.15, 0.2) is 0 Å². The molecule has 0 amide bonds. The van der Waals surface area contributed by atoms with Gasteiger partial charge in [0.25, 0.3) is 5.56 Å². The number of aromatic amines is 1. The first-order valence-corrected chi connectivity index (χ1v) is 7.29. The summed E-state index contributed by atoms with van der Waals surface area (Å²) in [5, 5.41) is 3.27. The lowest BCUT2D eigenvalue weighted by Gasteiger charge is -2.14. The van der Waals surface area contributed by atoms with E-state index in [1.807, 2.05) is 25.6 Å². The number of nitrogens with one attached hydrogen (secondary N) is 2. The van der Waals surface area contributed by atoms with Gasteiger partial charge >= 0.3 is 0 Å². The lowest BCUT2D eigenvalue weighted by Crippen LogP contribution is -2.20. The van der Waals surface area contributed by atoms with Crippen LogP contribution in [0.3, 0.4) is 0 Å². The summed E-state index contributed by atoms with van der Waals surface area (Å²) in [6.07, 6.45) is 3.15. The van der Waals surface area contributed by atoms with Crippen molar-refractivity contribution in [1.29, 1.82) is 0 Å². The second-order valence-corrected chi connectivity index (χ2v) is 5.48. The molecule has 0 radical (unpaired) electrons. The van der Waals surface area contributed by atoms with Gasteiger partial charge in [-0.2, -0.15) is 11.8 Å². The maximum atomic E-state index is 11.5. The van der Waals surface area contributed by atoms with E-state index in [2.05, 4.69) is 28.5 Å². The Labute approximate surface area is 107 Å². The second-order valence-electron chi connectivity index (χ2n) is 4.50. The predicted molar refractivity (Wildman–Crippen MR) is 75.0 cm³/mol. The van der Waals surface area contributed by atoms with E-state index < -0.39 is 0 Å². The molecule has 2 N–H and O–H groups in total. The van der Waals surface area contributed by atoms with E-state index in [1.165, 1.54) is 6.07 Å². The van der Waals surface area contributed by atoms with Crippen molar-refractivity contribution >= 4 is 17.6 Å². The summed E-state index contributed by atoms with van der Waals surface area (Å²) in [6.45, 7) is 6.13. The minimum atomic E-state index is -0.0942. The van der Waals surface area contributed by atoms with Crippen LogP contribution in [0.25, 0.3) is 0 Å². The zero-order chi connectivity index (χ0) is 12.8. The van der Waals surface area contributed by atoms with E-state index in [1.54, 1.807) is 0 Å². The Morgan fingerprint density at radius 2 is 2.18 bits per heavy atom. The van der Waals surface area contributed by atoms with Crippen molar-refractivity contribution in [2.24, 2.45) is 0 Å². The first-order valence-electron chi connectivity index (χ1n) is 5.89. The van der Waals surface area contributed by atoms with Crippen LogP contribution in [-0.4, -0.2) is 28.0 Å². The van der Waals surface area contributed by atoms with E-state index in [0.717, 1.165) is 18.0 Å². The molecular formula is C12H21N3OS. The molecule has 96 valence electrons. The fraction of sp³-hybridized carbons (Fsp3) is 0.667. The van der Waals surface area contributed by atoms with Gasteiger partial charge < -0.3 is 10.3 Å². The molecule has 1 heterocycles. The van der Waals surface area contributed by atoms with E-state index in [-0.39, 0.29) is 11.5 Å². The van der Waals surface area contributed by atoms with Crippen molar-refractivity contribution in [2.75, 3.05) is 17.3 Å². The SMILES string of the molecule is CSCCC(C)Nc1cc(=O)[nH]c(C(C)C)n1. The molecule has 5 heteroatoms. The van der Waals surface area contributed by atoms with Gasteiger partial charge in [0.2, 0.25) is 0 Å². The molecule has 0 aliphatic heterocycles. The molecule has 1 atom stereocenters. The van der Waals surface area contributed by atoms with Gasteiger partial charge in [-0.05, 0) is 25.4 Å². The largest absolute Gasteiger partial charge is 0.367 e. The molecule has 0 fully saturated rings. The molecule has 0 spiro atoms. The standard InChI is InChI=1S/C12H21N3OS/c1-8(2)12-14-10(7-11(16)15-12)13-9(3)5-6-17-4/h7-9H,5-6H2,1-4H3,(H2,13,14,15,16). The van der Waals surface area contributed by atoms with Crippen LogP contribution >= 0.6 is 11.8 Å². The predicted octanol–water partition coefficient (Wildman–Crippen LogP) is 2.45. The van der Waals surface area contributed by atoms with Crippen LogP contribution in [0.15, 0.2) is 10.9 Å². The quantitative estimate of drug-likeness (QED) is 0.820. The van der Waals surface area contributed by atoms with Gasteiger partial charge in [0, 0.05) is 18.0 Å². The van der Waals surface area contributed by atoms with E-state index in [9.17, 15) is 4.79 Å². The number of thioether (sulfide) groups is 1. The smallest absolute Gasteiger partial charge is 0.252 e.